The van der Waals surface area contributed by atoms with Crippen LogP contribution >= 0.6 is 15.9 Å². The molecular weight excluding hydrogens is 308 g/mol. The molecule has 1 aromatic carbocycles. The Morgan fingerprint density at radius 3 is 2.79 bits per heavy atom. The first-order valence-electron chi connectivity index (χ1n) is 6.71. The summed E-state index contributed by atoms with van der Waals surface area (Å²) in [6.45, 7) is 2.78. The standard InChI is InChI=1S/C15H19BrO3/c1-10-4-2-3-5-14(10)19-9-12-7-6-11(15(17)18)8-13(12)16/h6-8,10,14H,2-5,9H2,1H3,(H,17,18). The summed E-state index contributed by atoms with van der Waals surface area (Å²) in [5, 5.41) is 8.92. The Hall–Kier alpha value is -0.870. The van der Waals surface area contributed by atoms with Crippen LogP contribution in [0.1, 0.15) is 48.5 Å². The van der Waals surface area contributed by atoms with Crippen molar-refractivity contribution in [1.29, 1.82) is 0 Å². The molecule has 1 aliphatic carbocycles. The van der Waals surface area contributed by atoms with Crippen molar-refractivity contribution in [3.05, 3.63) is 33.8 Å². The molecule has 2 atom stereocenters. The molecule has 0 spiro atoms. The number of aromatic carboxylic acids is 1. The van der Waals surface area contributed by atoms with Gasteiger partial charge < -0.3 is 9.84 Å². The summed E-state index contributed by atoms with van der Waals surface area (Å²) in [6, 6.07) is 5.07. The van der Waals surface area contributed by atoms with E-state index >= 15 is 0 Å². The Labute approximate surface area is 122 Å². The molecule has 0 aromatic heterocycles. The van der Waals surface area contributed by atoms with Crippen molar-refractivity contribution < 1.29 is 14.6 Å². The van der Waals surface area contributed by atoms with Crippen molar-refractivity contribution >= 4 is 21.9 Å². The molecule has 3 nitrogen and oxygen atoms in total. The van der Waals surface area contributed by atoms with E-state index in [0.29, 0.717) is 24.2 Å². The summed E-state index contributed by atoms with van der Waals surface area (Å²) in [6.07, 6.45) is 5.25. The van der Waals surface area contributed by atoms with Gasteiger partial charge in [0.05, 0.1) is 18.3 Å². The van der Waals surface area contributed by atoms with E-state index < -0.39 is 5.97 Å². The molecule has 0 heterocycles. The quantitative estimate of drug-likeness (QED) is 0.899. The van der Waals surface area contributed by atoms with E-state index in [2.05, 4.69) is 22.9 Å². The fourth-order valence-electron chi connectivity index (χ4n) is 2.52. The molecule has 0 aliphatic heterocycles. The second-order valence-corrected chi connectivity index (χ2v) is 6.08. The molecule has 2 unspecified atom stereocenters. The molecule has 0 bridgehead atoms. The van der Waals surface area contributed by atoms with E-state index in [-0.39, 0.29) is 0 Å². The molecule has 4 heteroatoms. The van der Waals surface area contributed by atoms with E-state index in [9.17, 15) is 4.79 Å². The topological polar surface area (TPSA) is 46.5 Å². The molecule has 1 saturated carbocycles. The van der Waals surface area contributed by atoms with Crippen LogP contribution in [-0.4, -0.2) is 17.2 Å². The molecule has 1 aliphatic rings. The zero-order chi connectivity index (χ0) is 13.8. The van der Waals surface area contributed by atoms with Crippen molar-refractivity contribution in [2.45, 2.75) is 45.3 Å². The number of carboxylic acid groups (broad SMARTS) is 1. The van der Waals surface area contributed by atoms with Gasteiger partial charge in [0.2, 0.25) is 0 Å². The lowest BCUT2D eigenvalue weighted by Gasteiger charge is -2.28. The van der Waals surface area contributed by atoms with Gasteiger partial charge in [-0.25, -0.2) is 4.79 Å². The maximum Gasteiger partial charge on any atom is 0.335 e. The first-order chi connectivity index (χ1) is 9.08. The second-order valence-electron chi connectivity index (χ2n) is 5.22. The van der Waals surface area contributed by atoms with Gasteiger partial charge in [0.25, 0.3) is 0 Å². The molecule has 0 amide bonds. The van der Waals surface area contributed by atoms with Gasteiger partial charge in [0.15, 0.2) is 0 Å². The van der Waals surface area contributed by atoms with E-state index in [1.165, 1.54) is 19.3 Å². The molecule has 1 N–H and O–H groups in total. The Bertz CT molecular complexity index is 459. The number of carboxylic acids is 1. The number of rotatable bonds is 4. The van der Waals surface area contributed by atoms with Gasteiger partial charge in [-0.1, -0.05) is 41.8 Å². The van der Waals surface area contributed by atoms with Crippen molar-refractivity contribution in [2.75, 3.05) is 0 Å². The Balaban J connectivity index is 1.97. The number of benzene rings is 1. The van der Waals surface area contributed by atoms with Gasteiger partial charge in [0, 0.05) is 4.47 Å². The summed E-state index contributed by atoms with van der Waals surface area (Å²) in [5.41, 5.74) is 1.30. The van der Waals surface area contributed by atoms with Gasteiger partial charge in [-0.15, -0.1) is 0 Å². The minimum absolute atomic E-state index is 0.293. The van der Waals surface area contributed by atoms with E-state index in [0.717, 1.165) is 16.5 Å². The number of hydrogen-bond acceptors (Lipinski definition) is 2. The van der Waals surface area contributed by atoms with Crippen LogP contribution in [0.4, 0.5) is 0 Å². The predicted molar refractivity (Wildman–Crippen MR) is 77.3 cm³/mol. The summed E-state index contributed by atoms with van der Waals surface area (Å²) >= 11 is 3.41. The zero-order valence-corrected chi connectivity index (χ0v) is 12.6. The van der Waals surface area contributed by atoms with Crippen molar-refractivity contribution in [2.24, 2.45) is 5.92 Å². The molecule has 2 rings (SSSR count). The SMILES string of the molecule is CC1CCCCC1OCc1ccc(C(=O)O)cc1Br. The summed E-state index contributed by atoms with van der Waals surface area (Å²) in [4.78, 5) is 10.9. The van der Waals surface area contributed by atoms with Crippen molar-refractivity contribution in [1.82, 2.24) is 0 Å². The van der Waals surface area contributed by atoms with Gasteiger partial charge in [-0.05, 0) is 36.5 Å². The Morgan fingerprint density at radius 2 is 2.16 bits per heavy atom. The van der Waals surface area contributed by atoms with Gasteiger partial charge in [0.1, 0.15) is 0 Å². The monoisotopic (exact) mass is 326 g/mol. The molecule has 104 valence electrons. The lowest BCUT2D eigenvalue weighted by molar-refractivity contribution is -0.0156. The highest BCUT2D eigenvalue weighted by Gasteiger charge is 2.22. The lowest BCUT2D eigenvalue weighted by Crippen LogP contribution is -2.25. The largest absolute Gasteiger partial charge is 0.478 e. The molecular formula is C15H19BrO3. The molecule has 0 saturated heterocycles. The lowest BCUT2D eigenvalue weighted by atomic mass is 9.88. The molecule has 1 aromatic rings. The third-order valence-corrected chi connectivity index (χ3v) is 4.52. The summed E-state index contributed by atoms with van der Waals surface area (Å²) in [5.74, 6) is -0.292. The first-order valence-corrected chi connectivity index (χ1v) is 7.50. The third kappa shape index (κ3) is 3.80. The van der Waals surface area contributed by atoms with Gasteiger partial charge >= 0.3 is 5.97 Å². The van der Waals surface area contributed by atoms with Crippen LogP contribution in [0.25, 0.3) is 0 Å². The van der Waals surface area contributed by atoms with Crippen molar-refractivity contribution in [3.8, 4) is 0 Å². The van der Waals surface area contributed by atoms with E-state index in [1.54, 1.807) is 12.1 Å². The van der Waals surface area contributed by atoms with Crippen LogP contribution in [0.5, 0.6) is 0 Å². The average Bonchev–Trinajstić information content (AvgIpc) is 2.39. The smallest absolute Gasteiger partial charge is 0.335 e. The van der Waals surface area contributed by atoms with Crippen LogP contribution in [0.3, 0.4) is 0 Å². The van der Waals surface area contributed by atoms with E-state index in [4.69, 9.17) is 9.84 Å². The average molecular weight is 327 g/mol. The molecule has 19 heavy (non-hydrogen) atoms. The van der Waals surface area contributed by atoms with Crippen molar-refractivity contribution in [3.63, 3.8) is 0 Å². The highest BCUT2D eigenvalue weighted by atomic mass is 79.9. The van der Waals surface area contributed by atoms with Crippen LogP contribution in [0.2, 0.25) is 0 Å². The number of ether oxygens (including phenoxy) is 1. The highest BCUT2D eigenvalue weighted by Crippen LogP contribution is 2.28. The number of hydrogen-bond donors (Lipinski definition) is 1. The predicted octanol–water partition coefficient (Wildman–Crippen LogP) is 4.24. The Kier molecular flexibility index (Phi) is 4.99. The third-order valence-electron chi connectivity index (χ3n) is 3.79. The fraction of sp³-hybridized carbons (Fsp3) is 0.533. The highest BCUT2D eigenvalue weighted by molar-refractivity contribution is 9.10. The summed E-state index contributed by atoms with van der Waals surface area (Å²) in [7, 11) is 0. The molecule has 1 fully saturated rings. The maximum absolute atomic E-state index is 10.9. The molecule has 0 radical (unpaired) electrons. The Morgan fingerprint density at radius 1 is 1.42 bits per heavy atom. The maximum atomic E-state index is 10.9. The van der Waals surface area contributed by atoms with Crippen LogP contribution in [0.15, 0.2) is 22.7 Å². The normalized spacial score (nSPS) is 23.3. The van der Waals surface area contributed by atoms with Crippen LogP contribution < -0.4 is 0 Å². The summed E-state index contributed by atoms with van der Waals surface area (Å²) < 4.78 is 6.79. The van der Waals surface area contributed by atoms with Gasteiger partial charge in [-0.2, -0.15) is 0 Å². The first kappa shape index (κ1) is 14.5. The number of halogens is 1. The van der Waals surface area contributed by atoms with Crippen LogP contribution in [-0.2, 0) is 11.3 Å². The zero-order valence-electron chi connectivity index (χ0n) is 11.1. The minimum Gasteiger partial charge on any atom is -0.478 e. The van der Waals surface area contributed by atoms with E-state index in [1.807, 2.05) is 6.07 Å². The van der Waals surface area contributed by atoms with Gasteiger partial charge in [-0.3, -0.25) is 0 Å². The minimum atomic E-state index is -0.908. The fourth-order valence-corrected chi connectivity index (χ4v) is 3.02. The second kappa shape index (κ2) is 6.53. The number of carbonyl (C=O) groups is 1. The van der Waals surface area contributed by atoms with Crippen LogP contribution in [0, 0.1) is 5.92 Å².